The summed E-state index contributed by atoms with van der Waals surface area (Å²) in [5.41, 5.74) is -1.48. The van der Waals surface area contributed by atoms with Gasteiger partial charge in [0.25, 0.3) is 12.3 Å². The molecule has 0 fully saturated rings. The third kappa shape index (κ3) is 3.21. The van der Waals surface area contributed by atoms with Gasteiger partial charge in [-0.2, -0.15) is 13.2 Å². The van der Waals surface area contributed by atoms with E-state index in [0.29, 0.717) is 11.5 Å². The zero-order chi connectivity index (χ0) is 16.5. The first-order valence-corrected chi connectivity index (χ1v) is 6.55. The van der Waals surface area contributed by atoms with E-state index in [0.717, 1.165) is 29.2 Å². The summed E-state index contributed by atoms with van der Waals surface area (Å²) in [6.45, 7) is 0. The minimum atomic E-state index is -4.49. The maximum absolute atomic E-state index is 12.7. The maximum atomic E-state index is 12.7. The molecule has 1 heterocycles. The molecule has 0 atom stereocenters. The normalized spacial score (nSPS) is 11.8. The topological polar surface area (TPSA) is 46.1 Å². The van der Waals surface area contributed by atoms with E-state index in [2.05, 4.69) is 9.59 Å². The average Bonchev–Trinajstić information content (AvgIpc) is 2.94. The van der Waals surface area contributed by atoms with E-state index in [9.17, 15) is 26.7 Å². The number of carbonyl (C=O) groups is 1. The zero-order valence-electron chi connectivity index (χ0n) is 10.9. The third-order valence-corrected chi connectivity index (χ3v) is 3.53. The summed E-state index contributed by atoms with van der Waals surface area (Å²) in [5, 5.41) is 3.18. The Labute approximate surface area is 125 Å². The standard InChI is InChI=1S/C12H8F5N3OS/c1-20(7-4-2-6(3-5-7)12(15,16)17)11(21)9-8(10(13)14)18-19-22-9/h2-5,10H,1H3. The SMILES string of the molecule is CN(C(=O)c1snnc1C(F)F)c1ccc(C(F)(F)F)cc1. The molecule has 0 saturated carbocycles. The first-order valence-electron chi connectivity index (χ1n) is 5.77. The molecule has 0 bridgehead atoms. The van der Waals surface area contributed by atoms with Crippen LogP contribution in [0.3, 0.4) is 0 Å². The Morgan fingerprint density at radius 3 is 2.32 bits per heavy atom. The molecule has 0 radical (unpaired) electrons. The van der Waals surface area contributed by atoms with Gasteiger partial charge in [0.1, 0.15) is 4.88 Å². The van der Waals surface area contributed by atoms with Gasteiger partial charge in [0.15, 0.2) is 5.69 Å². The van der Waals surface area contributed by atoms with Crippen LogP contribution in [0.15, 0.2) is 24.3 Å². The lowest BCUT2D eigenvalue weighted by atomic mass is 10.2. The Balaban J connectivity index is 2.26. The predicted octanol–water partition coefficient (Wildman–Crippen LogP) is 3.77. The molecule has 0 saturated heterocycles. The molecular weight excluding hydrogens is 329 g/mol. The van der Waals surface area contributed by atoms with Crippen molar-refractivity contribution in [2.45, 2.75) is 12.6 Å². The van der Waals surface area contributed by atoms with Gasteiger partial charge in [-0.05, 0) is 35.8 Å². The van der Waals surface area contributed by atoms with Gasteiger partial charge in [0, 0.05) is 12.7 Å². The van der Waals surface area contributed by atoms with Crippen molar-refractivity contribution in [1.29, 1.82) is 0 Å². The number of benzene rings is 1. The van der Waals surface area contributed by atoms with Crippen molar-refractivity contribution >= 4 is 23.1 Å². The number of carbonyl (C=O) groups excluding carboxylic acids is 1. The maximum Gasteiger partial charge on any atom is 0.416 e. The molecule has 0 N–H and O–H groups in total. The third-order valence-electron chi connectivity index (χ3n) is 2.80. The number of hydrogen-bond acceptors (Lipinski definition) is 4. The molecule has 2 aromatic rings. The van der Waals surface area contributed by atoms with Gasteiger partial charge in [-0.3, -0.25) is 4.79 Å². The largest absolute Gasteiger partial charge is 0.416 e. The number of amides is 1. The summed E-state index contributed by atoms with van der Waals surface area (Å²) >= 11 is 0.504. The van der Waals surface area contributed by atoms with Crippen LogP contribution in [0.1, 0.15) is 27.4 Å². The van der Waals surface area contributed by atoms with E-state index < -0.39 is 29.8 Å². The Kier molecular flexibility index (Phi) is 4.40. The summed E-state index contributed by atoms with van der Waals surface area (Å²) in [5.74, 6) is -0.815. The van der Waals surface area contributed by atoms with Crippen molar-refractivity contribution in [2.75, 3.05) is 11.9 Å². The van der Waals surface area contributed by atoms with E-state index in [1.807, 2.05) is 0 Å². The lowest BCUT2D eigenvalue weighted by Gasteiger charge is -2.17. The molecule has 0 aliphatic rings. The number of aromatic nitrogens is 2. The second-order valence-corrected chi connectivity index (χ2v) is 4.95. The van der Waals surface area contributed by atoms with Gasteiger partial charge in [-0.15, -0.1) is 5.10 Å². The summed E-state index contributed by atoms with van der Waals surface area (Å²) < 4.78 is 66.1. The number of rotatable bonds is 3. The monoisotopic (exact) mass is 337 g/mol. The Bertz CT molecular complexity index is 668. The van der Waals surface area contributed by atoms with E-state index in [1.165, 1.54) is 7.05 Å². The first-order chi connectivity index (χ1) is 10.2. The highest BCUT2D eigenvalue weighted by atomic mass is 32.1. The molecule has 0 aliphatic carbocycles. The van der Waals surface area contributed by atoms with Crippen molar-refractivity contribution < 1.29 is 26.7 Å². The lowest BCUT2D eigenvalue weighted by Crippen LogP contribution is -2.26. The van der Waals surface area contributed by atoms with Gasteiger partial charge >= 0.3 is 6.18 Å². The fourth-order valence-electron chi connectivity index (χ4n) is 1.63. The van der Waals surface area contributed by atoms with Gasteiger partial charge in [-0.1, -0.05) is 4.49 Å². The Morgan fingerprint density at radius 1 is 1.23 bits per heavy atom. The van der Waals surface area contributed by atoms with E-state index in [-0.39, 0.29) is 10.6 Å². The lowest BCUT2D eigenvalue weighted by molar-refractivity contribution is -0.137. The van der Waals surface area contributed by atoms with Crippen molar-refractivity contribution in [3.63, 3.8) is 0 Å². The number of anilines is 1. The predicted molar refractivity (Wildman–Crippen MR) is 69.0 cm³/mol. The quantitative estimate of drug-likeness (QED) is 0.801. The van der Waals surface area contributed by atoms with E-state index >= 15 is 0 Å². The summed E-state index contributed by atoms with van der Waals surface area (Å²) in [7, 11) is 1.26. The van der Waals surface area contributed by atoms with Crippen molar-refractivity contribution in [3.05, 3.63) is 40.4 Å². The molecule has 118 valence electrons. The summed E-state index contributed by atoms with van der Waals surface area (Å²) in [4.78, 5) is 12.7. The van der Waals surface area contributed by atoms with Crippen LogP contribution >= 0.6 is 11.5 Å². The molecule has 4 nitrogen and oxygen atoms in total. The number of halogens is 5. The highest BCUT2D eigenvalue weighted by molar-refractivity contribution is 7.08. The minimum Gasteiger partial charge on any atom is -0.311 e. The summed E-state index contributed by atoms with van der Waals surface area (Å²) in [6, 6.07) is 3.77. The fraction of sp³-hybridized carbons (Fsp3) is 0.250. The molecule has 0 spiro atoms. The van der Waals surface area contributed by atoms with Crippen LogP contribution < -0.4 is 4.90 Å². The minimum absolute atomic E-state index is 0.131. The molecule has 2 rings (SSSR count). The van der Waals surface area contributed by atoms with Gasteiger partial charge in [0.05, 0.1) is 5.56 Å². The molecule has 0 aliphatic heterocycles. The number of nitrogens with zero attached hydrogens (tertiary/aromatic N) is 3. The molecule has 1 amide bonds. The highest BCUT2D eigenvalue weighted by Crippen LogP contribution is 2.31. The van der Waals surface area contributed by atoms with Crippen LogP contribution in [0, 0.1) is 0 Å². The molecular formula is C12H8F5N3OS. The average molecular weight is 337 g/mol. The smallest absolute Gasteiger partial charge is 0.311 e. The number of hydrogen-bond donors (Lipinski definition) is 0. The van der Waals surface area contributed by atoms with Crippen LogP contribution in [0.4, 0.5) is 27.6 Å². The highest BCUT2D eigenvalue weighted by Gasteiger charge is 2.31. The van der Waals surface area contributed by atoms with Crippen LogP contribution in [-0.2, 0) is 6.18 Å². The molecule has 0 unspecified atom stereocenters. The van der Waals surface area contributed by atoms with Gasteiger partial charge in [0.2, 0.25) is 0 Å². The summed E-state index contributed by atoms with van der Waals surface area (Å²) in [6.07, 6.45) is -7.45. The molecule has 1 aromatic heterocycles. The molecule has 10 heteroatoms. The number of alkyl halides is 5. The van der Waals surface area contributed by atoms with E-state index in [1.54, 1.807) is 0 Å². The van der Waals surface area contributed by atoms with Crippen LogP contribution in [0.5, 0.6) is 0 Å². The first kappa shape index (κ1) is 16.3. The van der Waals surface area contributed by atoms with Gasteiger partial charge in [-0.25, -0.2) is 8.78 Å². The Hall–Kier alpha value is -2.10. The van der Waals surface area contributed by atoms with Crippen molar-refractivity contribution in [3.8, 4) is 0 Å². The van der Waals surface area contributed by atoms with Crippen LogP contribution in [0.2, 0.25) is 0 Å². The van der Waals surface area contributed by atoms with E-state index in [4.69, 9.17) is 0 Å². The van der Waals surface area contributed by atoms with Crippen LogP contribution in [-0.4, -0.2) is 22.5 Å². The van der Waals surface area contributed by atoms with Gasteiger partial charge < -0.3 is 4.90 Å². The fourth-order valence-corrected chi connectivity index (χ4v) is 2.28. The second-order valence-electron chi connectivity index (χ2n) is 4.20. The second kappa shape index (κ2) is 5.95. The Morgan fingerprint density at radius 2 is 1.82 bits per heavy atom. The molecule has 1 aromatic carbocycles. The zero-order valence-corrected chi connectivity index (χ0v) is 11.8. The van der Waals surface area contributed by atoms with Crippen molar-refractivity contribution in [1.82, 2.24) is 9.59 Å². The van der Waals surface area contributed by atoms with Crippen molar-refractivity contribution in [2.24, 2.45) is 0 Å². The van der Waals surface area contributed by atoms with Crippen LogP contribution in [0.25, 0.3) is 0 Å². The molecule has 22 heavy (non-hydrogen) atoms.